The van der Waals surface area contributed by atoms with Crippen LogP contribution >= 0.6 is 31.9 Å². The molecule has 0 spiro atoms. The minimum absolute atomic E-state index is 0.0622. The van der Waals surface area contributed by atoms with Crippen molar-refractivity contribution in [2.24, 2.45) is 5.84 Å². The molecule has 1 atom stereocenters. The summed E-state index contributed by atoms with van der Waals surface area (Å²) in [7, 11) is 0. The van der Waals surface area contributed by atoms with Crippen LogP contribution in [0.25, 0.3) is 0 Å². The van der Waals surface area contributed by atoms with Gasteiger partial charge >= 0.3 is 0 Å². The molecule has 1 unspecified atom stereocenters. The predicted octanol–water partition coefficient (Wildman–Crippen LogP) is 3.70. The molecule has 5 heteroatoms. The van der Waals surface area contributed by atoms with E-state index < -0.39 is 0 Å². The Bertz CT molecular complexity index is 646. The first-order chi connectivity index (χ1) is 9.69. The highest BCUT2D eigenvalue weighted by atomic mass is 79.9. The Balaban J connectivity index is 2.03. The number of fused-ring (bicyclic) bond motifs is 1. The standard InChI is InChI=1S/C15H14Br2N2O/c16-11-2-3-13(17)12(8-11)15(19-18)10-1-4-14-9(7-10)5-6-20-14/h1-4,7-8,15,19H,5-6,18H2. The summed E-state index contributed by atoms with van der Waals surface area (Å²) in [5.74, 6) is 6.77. The molecule has 0 aliphatic carbocycles. The summed E-state index contributed by atoms with van der Waals surface area (Å²) < 4.78 is 7.60. The second-order valence-electron chi connectivity index (χ2n) is 4.73. The Morgan fingerprint density at radius 3 is 2.80 bits per heavy atom. The van der Waals surface area contributed by atoms with Crippen LogP contribution in [0.4, 0.5) is 0 Å². The molecule has 0 saturated heterocycles. The lowest BCUT2D eigenvalue weighted by molar-refractivity contribution is 0.357. The highest BCUT2D eigenvalue weighted by Crippen LogP contribution is 2.34. The lowest BCUT2D eigenvalue weighted by Crippen LogP contribution is -2.29. The highest BCUT2D eigenvalue weighted by Gasteiger charge is 2.19. The lowest BCUT2D eigenvalue weighted by Gasteiger charge is -2.19. The molecule has 0 saturated carbocycles. The molecule has 0 radical (unpaired) electrons. The van der Waals surface area contributed by atoms with E-state index in [1.807, 2.05) is 18.2 Å². The SMILES string of the molecule is NNC(c1ccc2c(c1)CCO2)c1cc(Br)ccc1Br. The lowest BCUT2D eigenvalue weighted by atomic mass is 9.97. The molecule has 0 amide bonds. The van der Waals surface area contributed by atoms with Gasteiger partial charge in [-0.15, -0.1) is 0 Å². The Morgan fingerprint density at radius 1 is 1.15 bits per heavy atom. The molecule has 3 nitrogen and oxygen atoms in total. The van der Waals surface area contributed by atoms with E-state index in [1.54, 1.807) is 0 Å². The zero-order valence-corrected chi connectivity index (χ0v) is 13.9. The zero-order valence-electron chi connectivity index (χ0n) is 10.7. The average molecular weight is 398 g/mol. The predicted molar refractivity (Wildman–Crippen MR) is 86.6 cm³/mol. The Hall–Kier alpha value is -0.880. The van der Waals surface area contributed by atoms with Crippen molar-refractivity contribution in [3.8, 4) is 5.75 Å². The summed E-state index contributed by atoms with van der Waals surface area (Å²) in [6.45, 7) is 0.764. The summed E-state index contributed by atoms with van der Waals surface area (Å²) in [5, 5.41) is 0. The summed E-state index contributed by atoms with van der Waals surface area (Å²) >= 11 is 7.10. The molecule has 2 aromatic carbocycles. The van der Waals surface area contributed by atoms with E-state index in [0.717, 1.165) is 38.8 Å². The Labute approximate surface area is 134 Å². The summed E-state index contributed by atoms with van der Waals surface area (Å²) in [4.78, 5) is 0. The molecular formula is C15H14Br2N2O. The molecule has 1 aliphatic rings. The minimum atomic E-state index is -0.0622. The summed E-state index contributed by atoms with van der Waals surface area (Å²) in [5.41, 5.74) is 6.38. The van der Waals surface area contributed by atoms with Crippen molar-refractivity contribution < 1.29 is 4.74 Å². The van der Waals surface area contributed by atoms with Gasteiger partial charge in [-0.3, -0.25) is 5.84 Å². The van der Waals surface area contributed by atoms with Gasteiger partial charge in [-0.05, 0) is 41.0 Å². The molecule has 104 valence electrons. The van der Waals surface area contributed by atoms with Crippen LogP contribution < -0.4 is 16.0 Å². The largest absolute Gasteiger partial charge is 0.493 e. The van der Waals surface area contributed by atoms with Crippen LogP contribution in [-0.2, 0) is 6.42 Å². The van der Waals surface area contributed by atoms with Crippen LogP contribution in [0.2, 0.25) is 0 Å². The first-order valence-electron chi connectivity index (χ1n) is 6.36. The first-order valence-corrected chi connectivity index (χ1v) is 7.94. The molecule has 3 rings (SSSR count). The quantitative estimate of drug-likeness (QED) is 0.613. The topological polar surface area (TPSA) is 47.3 Å². The van der Waals surface area contributed by atoms with Gasteiger partial charge in [-0.2, -0.15) is 0 Å². The molecule has 0 bridgehead atoms. The third-order valence-corrected chi connectivity index (χ3v) is 4.70. The van der Waals surface area contributed by atoms with Crippen molar-refractivity contribution in [1.29, 1.82) is 0 Å². The van der Waals surface area contributed by atoms with E-state index in [4.69, 9.17) is 10.6 Å². The summed E-state index contributed by atoms with van der Waals surface area (Å²) in [6, 6.07) is 12.3. The monoisotopic (exact) mass is 396 g/mol. The smallest absolute Gasteiger partial charge is 0.122 e. The number of nitrogens with two attached hydrogens (primary N) is 1. The van der Waals surface area contributed by atoms with Gasteiger partial charge in [0, 0.05) is 15.4 Å². The van der Waals surface area contributed by atoms with Crippen molar-refractivity contribution >= 4 is 31.9 Å². The van der Waals surface area contributed by atoms with Crippen molar-refractivity contribution in [1.82, 2.24) is 5.43 Å². The van der Waals surface area contributed by atoms with Crippen LogP contribution in [0.1, 0.15) is 22.7 Å². The highest BCUT2D eigenvalue weighted by molar-refractivity contribution is 9.11. The van der Waals surface area contributed by atoms with Gasteiger partial charge in [-0.1, -0.05) is 44.0 Å². The maximum atomic E-state index is 5.78. The van der Waals surface area contributed by atoms with Crippen molar-refractivity contribution in [2.75, 3.05) is 6.61 Å². The molecule has 0 aromatic heterocycles. The second-order valence-corrected chi connectivity index (χ2v) is 6.50. The van der Waals surface area contributed by atoms with Crippen LogP contribution in [0.15, 0.2) is 45.3 Å². The number of halogens is 2. The van der Waals surface area contributed by atoms with E-state index >= 15 is 0 Å². The minimum Gasteiger partial charge on any atom is -0.493 e. The molecule has 2 aromatic rings. The molecular weight excluding hydrogens is 384 g/mol. The zero-order chi connectivity index (χ0) is 14.1. The van der Waals surface area contributed by atoms with Crippen LogP contribution in [0, 0.1) is 0 Å². The molecule has 1 aliphatic heterocycles. The fourth-order valence-electron chi connectivity index (χ4n) is 2.49. The summed E-state index contributed by atoms with van der Waals surface area (Å²) in [6.07, 6.45) is 0.958. The normalized spacial score (nSPS) is 14.8. The van der Waals surface area contributed by atoms with E-state index in [-0.39, 0.29) is 6.04 Å². The van der Waals surface area contributed by atoms with Gasteiger partial charge in [0.1, 0.15) is 5.75 Å². The fraction of sp³-hybridized carbons (Fsp3) is 0.200. The van der Waals surface area contributed by atoms with Gasteiger partial charge in [0.05, 0.1) is 12.6 Å². The van der Waals surface area contributed by atoms with Gasteiger partial charge in [-0.25, -0.2) is 5.43 Å². The van der Waals surface area contributed by atoms with Gasteiger partial charge in [0.15, 0.2) is 0 Å². The van der Waals surface area contributed by atoms with Crippen molar-refractivity contribution in [3.05, 3.63) is 62.0 Å². The van der Waals surface area contributed by atoms with E-state index in [9.17, 15) is 0 Å². The Morgan fingerprint density at radius 2 is 2.00 bits per heavy atom. The molecule has 0 fully saturated rings. The van der Waals surface area contributed by atoms with Gasteiger partial charge in [0.2, 0.25) is 0 Å². The van der Waals surface area contributed by atoms with Crippen LogP contribution in [0.3, 0.4) is 0 Å². The maximum Gasteiger partial charge on any atom is 0.122 e. The fourth-order valence-corrected chi connectivity index (χ4v) is 3.34. The van der Waals surface area contributed by atoms with E-state index in [0.29, 0.717) is 0 Å². The van der Waals surface area contributed by atoms with E-state index in [1.165, 1.54) is 5.56 Å². The second kappa shape index (κ2) is 5.85. The number of hydrogen-bond acceptors (Lipinski definition) is 3. The van der Waals surface area contributed by atoms with Crippen molar-refractivity contribution in [3.63, 3.8) is 0 Å². The molecule has 20 heavy (non-hydrogen) atoms. The third-order valence-electron chi connectivity index (χ3n) is 3.48. The van der Waals surface area contributed by atoms with Crippen LogP contribution in [-0.4, -0.2) is 6.61 Å². The number of rotatable bonds is 3. The molecule has 1 heterocycles. The first kappa shape index (κ1) is 14.1. The average Bonchev–Trinajstić information content (AvgIpc) is 2.91. The van der Waals surface area contributed by atoms with E-state index in [2.05, 4.69) is 55.5 Å². The van der Waals surface area contributed by atoms with Gasteiger partial charge < -0.3 is 4.74 Å². The maximum absolute atomic E-state index is 5.78. The third kappa shape index (κ3) is 2.63. The number of nitrogens with one attached hydrogen (secondary N) is 1. The number of ether oxygens (including phenoxy) is 1. The van der Waals surface area contributed by atoms with Crippen LogP contribution in [0.5, 0.6) is 5.75 Å². The van der Waals surface area contributed by atoms with Crippen molar-refractivity contribution in [2.45, 2.75) is 12.5 Å². The molecule has 3 N–H and O–H groups in total. The number of hydrogen-bond donors (Lipinski definition) is 2. The van der Waals surface area contributed by atoms with Gasteiger partial charge in [0.25, 0.3) is 0 Å². The number of benzene rings is 2. The Kier molecular flexibility index (Phi) is 4.12. The number of hydrazine groups is 1.